The number of rotatable bonds is 7. The molecule has 0 saturated heterocycles. The monoisotopic (exact) mass is 267 g/mol. The number of aromatic nitrogens is 3. The summed E-state index contributed by atoms with van der Waals surface area (Å²) in [6.07, 6.45) is 4.63. The van der Waals surface area contributed by atoms with E-state index in [2.05, 4.69) is 10.2 Å². The van der Waals surface area contributed by atoms with Crippen LogP contribution in [0, 0.1) is 0 Å². The average Bonchev–Trinajstić information content (AvgIpc) is 2.99. The van der Waals surface area contributed by atoms with Gasteiger partial charge in [-0.25, -0.2) is 0 Å². The molecule has 0 amide bonds. The molecule has 0 fully saturated rings. The van der Waals surface area contributed by atoms with Gasteiger partial charge in [0.25, 0.3) is 0 Å². The molecule has 2 heterocycles. The highest BCUT2D eigenvalue weighted by molar-refractivity contribution is 7.99. The van der Waals surface area contributed by atoms with Crippen LogP contribution in [0.25, 0.3) is 11.6 Å². The third-order valence-electron chi connectivity index (χ3n) is 2.61. The van der Waals surface area contributed by atoms with Crippen molar-refractivity contribution in [2.75, 3.05) is 12.4 Å². The van der Waals surface area contributed by atoms with E-state index in [9.17, 15) is 0 Å². The molecule has 0 aliphatic heterocycles. The van der Waals surface area contributed by atoms with Crippen LogP contribution in [0.3, 0.4) is 0 Å². The van der Waals surface area contributed by atoms with E-state index in [4.69, 9.17) is 9.52 Å². The Bertz CT molecular complexity index is 468. The molecule has 2 aromatic rings. The van der Waals surface area contributed by atoms with Crippen LogP contribution in [0.4, 0.5) is 0 Å². The lowest BCUT2D eigenvalue weighted by Crippen LogP contribution is -1.94. The van der Waals surface area contributed by atoms with Crippen molar-refractivity contribution in [2.45, 2.75) is 24.4 Å². The Morgan fingerprint density at radius 1 is 1.33 bits per heavy atom. The van der Waals surface area contributed by atoms with Gasteiger partial charge in [-0.05, 0) is 25.0 Å². The summed E-state index contributed by atoms with van der Waals surface area (Å²) < 4.78 is 7.25. The molecule has 1 N–H and O–H groups in total. The smallest absolute Gasteiger partial charge is 0.200 e. The lowest BCUT2D eigenvalue weighted by atomic mass is 10.3. The van der Waals surface area contributed by atoms with Gasteiger partial charge in [-0.3, -0.25) is 0 Å². The number of aliphatic hydroxyl groups excluding tert-OH is 1. The van der Waals surface area contributed by atoms with Gasteiger partial charge in [0.15, 0.2) is 16.7 Å². The summed E-state index contributed by atoms with van der Waals surface area (Å²) in [7, 11) is 1.94. The number of aliphatic hydroxyl groups is 1. The number of hydrogen-bond acceptors (Lipinski definition) is 5. The normalized spacial score (nSPS) is 11.0. The molecule has 2 aromatic heterocycles. The Morgan fingerprint density at radius 3 is 2.94 bits per heavy atom. The molecule has 0 aromatic carbocycles. The molecule has 0 atom stereocenters. The second kappa shape index (κ2) is 6.61. The van der Waals surface area contributed by atoms with Crippen LogP contribution in [0.1, 0.15) is 19.3 Å². The minimum Gasteiger partial charge on any atom is -0.461 e. The third kappa shape index (κ3) is 3.14. The second-order valence-corrected chi connectivity index (χ2v) is 5.04. The van der Waals surface area contributed by atoms with Gasteiger partial charge in [0.1, 0.15) is 0 Å². The Morgan fingerprint density at radius 2 is 2.22 bits per heavy atom. The molecule has 98 valence electrons. The molecule has 0 bridgehead atoms. The molecule has 6 heteroatoms. The Balaban J connectivity index is 1.91. The minimum absolute atomic E-state index is 0.275. The number of unbranched alkanes of at least 4 members (excludes halogenated alkanes) is 2. The summed E-state index contributed by atoms with van der Waals surface area (Å²) in [5, 5.41) is 17.9. The molecule has 2 rings (SSSR count). The maximum atomic E-state index is 8.69. The fraction of sp³-hybridized carbons (Fsp3) is 0.500. The zero-order valence-corrected chi connectivity index (χ0v) is 11.2. The van der Waals surface area contributed by atoms with E-state index in [1.807, 2.05) is 23.7 Å². The lowest BCUT2D eigenvalue weighted by Gasteiger charge is -2.01. The van der Waals surface area contributed by atoms with Gasteiger partial charge in [0, 0.05) is 19.4 Å². The van der Waals surface area contributed by atoms with Gasteiger partial charge in [-0.15, -0.1) is 10.2 Å². The summed E-state index contributed by atoms with van der Waals surface area (Å²) in [6.45, 7) is 0.275. The maximum Gasteiger partial charge on any atom is 0.200 e. The average molecular weight is 267 g/mol. The summed E-state index contributed by atoms with van der Waals surface area (Å²) in [5.74, 6) is 2.47. The second-order valence-electron chi connectivity index (χ2n) is 3.98. The standard InChI is InChI=1S/C12H17N3O2S/c1-15-11(10-6-5-8-17-10)13-14-12(15)18-9-4-2-3-7-16/h5-6,8,16H,2-4,7,9H2,1H3. The highest BCUT2D eigenvalue weighted by atomic mass is 32.2. The summed E-state index contributed by atoms with van der Waals surface area (Å²) in [4.78, 5) is 0. The van der Waals surface area contributed by atoms with Gasteiger partial charge in [-0.2, -0.15) is 0 Å². The number of nitrogens with zero attached hydrogens (tertiary/aromatic N) is 3. The van der Waals surface area contributed by atoms with Gasteiger partial charge in [0.05, 0.1) is 6.26 Å². The van der Waals surface area contributed by atoms with E-state index >= 15 is 0 Å². The molecule has 5 nitrogen and oxygen atoms in total. The van der Waals surface area contributed by atoms with E-state index in [1.54, 1.807) is 18.0 Å². The first-order valence-electron chi connectivity index (χ1n) is 6.00. The van der Waals surface area contributed by atoms with Gasteiger partial charge in [0.2, 0.25) is 0 Å². The van der Waals surface area contributed by atoms with Gasteiger partial charge < -0.3 is 14.1 Å². The van der Waals surface area contributed by atoms with E-state index in [-0.39, 0.29) is 6.61 Å². The van der Waals surface area contributed by atoms with E-state index < -0.39 is 0 Å². The maximum absolute atomic E-state index is 8.69. The van der Waals surface area contributed by atoms with E-state index in [0.717, 1.165) is 41.8 Å². The molecular formula is C12H17N3O2S. The molecule has 0 radical (unpaired) electrons. The fourth-order valence-corrected chi connectivity index (χ4v) is 2.52. The topological polar surface area (TPSA) is 64.1 Å². The van der Waals surface area contributed by atoms with Crippen molar-refractivity contribution >= 4 is 11.8 Å². The predicted molar refractivity (Wildman–Crippen MR) is 70.4 cm³/mol. The lowest BCUT2D eigenvalue weighted by molar-refractivity contribution is 0.284. The van der Waals surface area contributed by atoms with Crippen LogP contribution in [-0.2, 0) is 7.05 Å². The van der Waals surface area contributed by atoms with Crippen molar-refractivity contribution in [2.24, 2.45) is 7.05 Å². The number of furan rings is 1. The van der Waals surface area contributed by atoms with Crippen LogP contribution in [0.15, 0.2) is 28.0 Å². The zero-order valence-electron chi connectivity index (χ0n) is 10.4. The molecule has 0 saturated carbocycles. The van der Waals surface area contributed by atoms with Crippen molar-refractivity contribution in [3.05, 3.63) is 18.4 Å². The molecule has 0 aliphatic rings. The molecule has 0 unspecified atom stereocenters. The highest BCUT2D eigenvalue weighted by Crippen LogP contribution is 2.23. The summed E-state index contributed by atoms with van der Waals surface area (Å²) >= 11 is 1.68. The quantitative estimate of drug-likeness (QED) is 0.616. The van der Waals surface area contributed by atoms with Crippen LogP contribution >= 0.6 is 11.8 Å². The Labute approximate surface area is 110 Å². The number of thioether (sulfide) groups is 1. The molecule has 0 aliphatic carbocycles. The van der Waals surface area contributed by atoms with Crippen molar-refractivity contribution in [3.63, 3.8) is 0 Å². The third-order valence-corrected chi connectivity index (χ3v) is 3.72. The van der Waals surface area contributed by atoms with Crippen LogP contribution in [0.2, 0.25) is 0 Å². The van der Waals surface area contributed by atoms with E-state index in [1.165, 1.54) is 0 Å². The first-order valence-corrected chi connectivity index (χ1v) is 6.98. The first-order chi connectivity index (χ1) is 8.83. The number of hydrogen-bond donors (Lipinski definition) is 1. The molecule has 0 spiro atoms. The molecule has 18 heavy (non-hydrogen) atoms. The van der Waals surface area contributed by atoms with Crippen molar-refractivity contribution in [1.29, 1.82) is 0 Å². The SMILES string of the molecule is Cn1c(SCCCCCO)nnc1-c1ccco1. The first kappa shape index (κ1) is 13.2. The fourth-order valence-electron chi connectivity index (χ4n) is 1.62. The van der Waals surface area contributed by atoms with Crippen LogP contribution in [0.5, 0.6) is 0 Å². The van der Waals surface area contributed by atoms with Crippen LogP contribution in [-0.4, -0.2) is 32.2 Å². The zero-order chi connectivity index (χ0) is 12.8. The highest BCUT2D eigenvalue weighted by Gasteiger charge is 2.12. The van der Waals surface area contributed by atoms with Crippen molar-refractivity contribution in [3.8, 4) is 11.6 Å². The largest absolute Gasteiger partial charge is 0.461 e. The van der Waals surface area contributed by atoms with Gasteiger partial charge >= 0.3 is 0 Å². The molecular weight excluding hydrogens is 250 g/mol. The minimum atomic E-state index is 0.275. The van der Waals surface area contributed by atoms with Crippen molar-refractivity contribution < 1.29 is 9.52 Å². The van der Waals surface area contributed by atoms with Crippen LogP contribution < -0.4 is 0 Å². The summed E-state index contributed by atoms with van der Waals surface area (Å²) in [5.41, 5.74) is 0. The van der Waals surface area contributed by atoms with Gasteiger partial charge in [-0.1, -0.05) is 18.2 Å². The Hall–Kier alpha value is -1.27. The van der Waals surface area contributed by atoms with Crippen molar-refractivity contribution in [1.82, 2.24) is 14.8 Å². The van der Waals surface area contributed by atoms with E-state index in [0.29, 0.717) is 0 Å². The summed E-state index contributed by atoms with van der Waals surface area (Å²) in [6, 6.07) is 3.71. The Kier molecular flexibility index (Phi) is 4.83. The predicted octanol–water partition coefficient (Wildman–Crippen LogP) is 2.33.